The minimum atomic E-state index is 0.0823. The summed E-state index contributed by atoms with van der Waals surface area (Å²) in [6.45, 7) is 6.03. The van der Waals surface area contributed by atoms with Gasteiger partial charge in [-0.25, -0.2) is 4.98 Å². The largest absolute Gasteiger partial charge is 0.380 e. The van der Waals surface area contributed by atoms with Gasteiger partial charge >= 0.3 is 0 Å². The first-order valence-corrected chi connectivity index (χ1v) is 9.69. The van der Waals surface area contributed by atoms with E-state index in [1.54, 1.807) is 0 Å². The van der Waals surface area contributed by atoms with Crippen molar-refractivity contribution in [2.45, 2.75) is 45.2 Å². The van der Waals surface area contributed by atoms with Gasteiger partial charge in [0.15, 0.2) is 5.69 Å². The standard InChI is InChI=1S/C20H28N4O2/c1-15-7-6-11-24-17(13-22(2)16-8-12-26-14-16)18(21-19(15)24)20(25)23-9-4-3-5-10-23/h6-7,11,16H,3-5,8-10,12-14H2,1-2H3/t16-/m1/s1. The fourth-order valence-electron chi connectivity index (χ4n) is 4.06. The van der Waals surface area contributed by atoms with Crippen molar-refractivity contribution in [1.29, 1.82) is 0 Å². The third-order valence-electron chi connectivity index (χ3n) is 5.72. The molecule has 1 amide bonds. The molecule has 0 spiro atoms. The number of fused-ring (bicyclic) bond motifs is 1. The number of likely N-dealkylation sites (tertiary alicyclic amines) is 1. The van der Waals surface area contributed by atoms with Gasteiger partial charge in [0.25, 0.3) is 5.91 Å². The molecule has 6 heteroatoms. The Morgan fingerprint density at radius 2 is 2.15 bits per heavy atom. The molecule has 0 unspecified atom stereocenters. The third-order valence-corrected chi connectivity index (χ3v) is 5.72. The van der Waals surface area contributed by atoms with Crippen LogP contribution in [0.2, 0.25) is 0 Å². The molecule has 0 saturated carbocycles. The minimum absolute atomic E-state index is 0.0823. The van der Waals surface area contributed by atoms with Gasteiger partial charge < -0.3 is 14.0 Å². The van der Waals surface area contributed by atoms with Crippen molar-refractivity contribution in [3.63, 3.8) is 0 Å². The van der Waals surface area contributed by atoms with Crippen LogP contribution in [0.3, 0.4) is 0 Å². The van der Waals surface area contributed by atoms with Gasteiger partial charge in [0.05, 0.1) is 12.3 Å². The molecule has 2 fully saturated rings. The number of ether oxygens (including phenoxy) is 1. The van der Waals surface area contributed by atoms with Crippen molar-refractivity contribution < 1.29 is 9.53 Å². The molecule has 2 aromatic heterocycles. The first kappa shape index (κ1) is 17.5. The van der Waals surface area contributed by atoms with Crippen LogP contribution in [0.25, 0.3) is 5.65 Å². The molecule has 2 aliphatic rings. The lowest BCUT2D eigenvalue weighted by Gasteiger charge is -2.27. The van der Waals surface area contributed by atoms with Crippen LogP contribution in [0.5, 0.6) is 0 Å². The van der Waals surface area contributed by atoms with Crippen molar-refractivity contribution >= 4 is 11.6 Å². The Balaban J connectivity index is 1.70. The average Bonchev–Trinajstić information content (AvgIpc) is 3.31. The maximum atomic E-state index is 13.2. The van der Waals surface area contributed by atoms with E-state index in [1.807, 2.05) is 17.2 Å². The summed E-state index contributed by atoms with van der Waals surface area (Å²) in [5.41, 5.74) is 3.60. The number of pyridine rings is 1. The highest BCUT2D eigenvalue weighted by Crippen LogP contribution is 2.22. The number of piperidine rings is 1. The number of hydrogen-bond acceptors (Lipinski definition) is 4. The molecular formula is C20H28N4O2. The second kappa shape index (κ2) is 7.37. The predicted molar refractivity (Wildman–Crippen MR) is 100 cm³/mol. The van der Waals surface area contributed by atoms with Crippen LogP contribution in [0.4, 0.5) is 0 Å². The number of likely N-dealkylation sites (N-methyl/N-ethyl adjacent to an activating group) is 1. The molecule has 2 saturated heterocycles. The van der Waals surface area contributed by atoms with Crippen molar-refractivity contribution in [2.75, 3.05) is 33.4 Å². The Kier molecular flexibility index (Phi) is 4.96. The number of rotatable bonds is 4. The Hall–Kier alpha value is -1.92. The van der Waals surface area contributed by atoms with E-state index in [0.717, 1.165) is 62.5 Å². The quantitative estimate of drug-likeness (QED) is 0.845. The predicted octanol–water partition coefficient (Wildman–Crippen LogP) is 2.49. The normalized spacial score (nSPS) is 21.0. The zero-order valence-corrected chi connectivity index (χ0v) is 15.8. The molecule has 0 N–H and O–H groups in total. The number of aryl methyl sites for hydroxylation is 1. The number of amides is 1. The van der Waals surface area contributed by atoms with Gasteiger partial charge in [-0.2, -0.15) is 0 Å². The molecule has 0 radical (unpaired) electrons. The van der Waals surface area contributed by atoms with Crippen LogP contribution >= 0.6 is 0 Å². The zero-order chi connectivity index (χ0) is 18.1. The number of aromatic nitrogens is 2. The number of carbonyl (C=O) groups is 1. The van der Waals surface area contributed by atoms with E-state index in [2.05, 4.69) is 29.3 Å². The first-order chi connectivity index (χ1) is 12.6. The van der Waals surface area contributed by atoms with E-state index in [9.17, 15) is 4.79 Å². The number of nitrogens with zero attached hydrogens (tertiary/aromatic N) is 4. The molecule has 0 aromatic carbocycles. The maximum absolute atomic E-state index is 13.2. The van der Waals surface area contributed by atoms with E-state index < -0.39 is 0 Å². The highest BCUT2D eigenvalue weighted by molar-refractivity contribution is 5.94. The highest BCUT2D eigenvalue weighted by Gasteiger charge is 2.28. The molecule has 26 heavy (non-hydrogen) atoms. The van der Waals surface area contributed by atoms with Crippen LogP contribution in [-0.4, -0.2) is 64.5 Å². The summed E-state index contributed by atoms with van der Waals surface area (Å²) >= 11 is 0. The van der Waals surface area contributed by atoms with Gasteiger partial charge in [-0.15, -0.1) is 0 Å². The average molecular weight is 356 g/mol. The van der Waals surface area contributed by atoms with Crippen LogP contribution in [0.1, 0.15) is 47.4 Å². The summed E-state index contributed by atoms with van der Waals surface area (Å²) in [5, 5.41) is 0. The van der Waals surface area contributed by atoms with E-state index in [1.165, 1.54) is 6.42 Å². The highest BCUT2D eigenvalue weighted by atomic mass is 16.5. The van der Waals surface area contributed by atoms with Gasteiger partial charge in [0, 0.05) is 38.5 Å². The van der Waals surface area contributed by atoms with Crippen LogP contribution in [-0.2, 0) is 11.3 Å². The summed E-state index contributed by atoms with van der Waals surface area (Å²) in [4.78, 5) is 22.3. The van der Waals surface area contributed by atoms with Gasteiger partial charge in [0.1, 0.15) is 5.65 Å². The van der Waals surface area contributed by atoms with Gasteiger partial charge in [0.2, 0.25) is 0 Å². The van der Waals surface area contributed by atoms with E-state index in [4.69, 9.17) is 9.72 Å². The Morgan fingerprint density at radius 3 is 2.88 bits per heavy atom. The molecule has 0 bridgehead atoms. The molecule has 0 aliphatic carbocycles. The lowest BCUT2D eigenvalue weighted by Crippen LogP contribution is -2.37. The van der Waals surface area contributed by atoms with Crippen LogP contribution < -0.4 is 0 Å². The third kappa shape index (κ3) is 3.23. The summed E-state index contributed by atoms with van der Waals surface area (Å²) in [5.74, 6) is 0.0823. The Bertz CT molecular complexity index is 788. The molecule has 4 heterocycles. The van der Waals surface area contributed by atoms with Crippen LogP contribution in [0.15, 0.2) is 18.3 Å². The monoisotopic (exact) mass is 356 g/mol. The SMILES string of the molecule is Cc1cccn2c(CN(C)[C@@H]3CCOC3)c(C(=O)N3CCCCC3)nc12. The molecular weight excluding hydrogens is 328 g/mol. The van der Waals surface area contributed by atoms with Crippen molar-refractivity contribution in [2.24, 2.45) is 0 Å². The first-order valence-electron chi connectivity index (χ1n) is 9.69. The smallest absolute Gasteiger partial charge is 0.274 e. The fraction of sp³-hybridized carbons (Fsp3) is 0.600. The van der Waals surface area contributed by atoms with E-state index in [0.29, 0.717) is 18.3 Å². The second-order valence-corrected chi connectivity index (χ2v) is 7.58. The fourth-order valence-corrected chi connectivity index (χ4v) is 4.06. The second-order valence-electron chi connectivity index (χ2n) is 7.58. The molecule has 2 aromatic rings. The summed E-state index contributed by atoms with van der Waals surface area (Å²) in [6.07, 6.45) is 6.46. The Morgan fingerprint density at radius 1 is 1.35 bits per heavy atom. The number of hydrogen-bond donors (Lipinski definition) is 0. The van der Waals surface area contributed by atoms with Gasteiger partial charge in [-0.05, 0) is 51.3 Å². The van der Waals surface area contributed by atoms with Crippen molar-refractivity contribution in [1.82, 2.24) is 19.2 Å². The zero-order valence-electron chi connectivity index (χ0n) is 15.8. The summed E-state index contributed by atoms with van der Waals surface area (Å²) < 4.78 is 7.63. The van der Waals surface area contributed by atoms with E-state index in [-0.39, 0.29) is 5.91 Å². The number of imidazole rings is 1. The van der Waals surface area contributed by atoms with Gasteiger partial charge in [-0.3, -0.25) is 9.69 Å². The maximum Gasteiger partial charge on any atom is 0.274 e. The molecule has 140 valence electrons. The van der Waals surface area contributed by atoms with Crippen molar-refractivity contribution in [3.8, 4) is 0 Å². The minimum Gasteiger partial charge on any atom is -0.380 e. The summed E-state index contributed by atoms with van der Waals surface area (Å²) in [6, 6.07) is 4.49. The lowest BCUT2D eigenvalue weighted by molar-refractivity contribution is 0.0716. The molecule has 1 atom stereocenters. The van der Waals surface area contributed by atoms with Crippen LogP contribution in [0, 0.1) is 6.92 Å². The topological polar surface area (TPSA) is 50.1 Å². The molecule has 2 aliphatic heterocycles. The van der Waals surface area contributed by atoms with E-state index >= 15 is 0 Å². The summed E-state index contributed by atoms with van der Waals surface area (Å²) in [7, 11) is 2.11. The molecule has 4 rings (SSSR count). The number of carbonyl (C=O) groups excluding carboxylic acids is 1. The molecule has 6 nitrogen and oxygen atoms in total. The Labute approximate surface area is 154 Å². The lowest BCUT2D eigenvalue weighted by atomic mass is 10.1. The van der Waals surface area contributed by atoms with Gasteiger partial charge in [-0.1, -0.05) is 6.07 Å². The van der Waals surface area contributed by atoms with Crippen molar-refractivity contribution in [3.05, 3.63) is 35.3 Å².